The second-order valence-corrected chi connectivity index (χ2v) is 9.75. The summed E-state index contributed by atoms with van der Waals surface area (Å²) in [7, 11) is -2.82. The Hall–Kier alpha value is -1.93. The number of carboxylic acids is 1. The first-order valence-electron chi connectivity index (χ1n) is 9.66. The van der Waals surface area contributed by atoms with E-state index in [1.54, 1.807) is 27.8 Å². The van der Waals surface area contributed by atoms with Gasteiger partial charge in [0, 0.05) is 19.6 Å². The standard InChI is InChI=1S/C17H29F3N4O6S/c1-10(2)13(22-14(25)11(3)21-4)15(26)24-7-6-23(9-12(24)16(27)28)31(29,30)8-5-17(18,19)20/h10-13,21H,5-9H2,1-4H3,(H,22,25)(H,27,28)/t11-,12-,13-/m0/s1. The summed E-state index contributed by atoms with van der Waals surface area (Å²) in [4.78, 5) is 37.9. The number of piperazine rings is 1. The third-order valence-electron chi connectivity index (χ3n) is 5.00. The number of rotatable bonds is 9. The number of nitrogens with one attached hydrogen (secondary N) is 2. The minimum absolute atomic E-state index is 0.332. The van der Waals surface area contributed by atoms with Crippen LogP contribution in [-0.4, -0.2) is 97.2 Å². The van der Waals surface area contributed by atoms with Crippen molar-refractivity contribution in [1.82, 2.24) is 19.8 Å². The van der Waals surface area contributed by atoms with Crippen LogP contribution in [0, 0.1) is 5.92 Å². The first-order valence-corrected chi connectivity index (χ1v) is 11.3. The van der Waals surface area contributed by atoms with Crippen molar-refractivity contribution >= 4 is 27.8 Å². The van der Waals surface area contributed by atoms with E-state index in [4.69, 9.17) is 0 Å². The molecule has 0 radical (unpaired) electrons. The third kappa shape index (κ3) is 7.61. The summed E-state index contributed by atoms with van der Waals surface area (Å²) >= 11 is 0. The molecule has 180 valence electrons. The van der Waals surface area contributed by atoms with Crippen molar-refractivity contribution in [3.63, 3.8) is 0 Å². The van der Waals surface area contributed by atoms with Gasteiger partial charge in [0.15, 0.2) is 0 Å². The second kappa shape index (κ2) is 10.6. The van der Waals surface area contributed by atoms with E-state index in [0.29, 0.717) is 4.31 Å². The smallest absolute Gasteiger partial charge is 0.390 e. The highest BCUT2D eigenvalue weighted by Crippen LogP contribution is 2.23. The van der Waals surface area contributed by atoms with E-state index in [1.165, 1.54) is 0 Å². The minimum atomic E-state index is -4.68. The van der Waals surface area contributed by atoms with Crippen molar-refractivity contribution in [3.05, 3.63) is 0 Å². The van der Waals surface area contributed by atoms with Gasteiger partial charge in [-0.3, -0.25) is 9.59 Å². The van der Waals surface area contributed by atoms with Crippen LogP contribution in [0.2, 0.25) is 0 Å². The Morgan fingerprint density at radius 3 is 2.19 bits per heavy atom. The summed E-state index contributed by atoms with van der Waals surface area (Å²) < 4.78 is 62.4. The molecule has 0 spiro atoms. The number of hydrogen-bond acceptors (Lipinski definition) is 6. The molecule has 0 aliphatic carbocycles. The van der Waals surface area contributed by atoms with Gasteiger partial charge in [-0.05, 0) is 19.9 Å². The normalized spacial score (nSPS) is 20.4. The molecule has 3 atom stereocenters. The number of amides is 2. The molecule has 10 nitrogen and oxygen atoms in total. The van der Waals surface area contributed by atoms with Gasteiger partial charge >= 0.3 is 12.1 Å². The third-order valence-corrected chi connectivity index (χ3v) is 6.84. The fourth-order valence-electron chi connectivity index (χ4n) is 2.96. The molecule has 0 bridgehead atoms. The van der Waals surface area contributed by atoms with Gasteiger partial charge in [-0.2, -0.15) is 17.5 Å². The van der Waals surface area contributed by atoms with Gasteiger partial charge in [0.05, 0.1) is 18.2 Å². The van der Waals surface area contributed by atoms with Crippen molar-refractivity contribution in [2.75, 3.05) is 32.4 Å². The van der Waals surface area contributed by atoms with Crippen molar-refractivity contribution in [1.29, 1.82) is 0 Å². The zero-order valence-corrected chi connectivity index (χ0v) is 18.6. The number of aliphatic carboxylic acids is 1. The first-order chi connectivity index (χ1) is 14.1. The van der Waals surface area contributed by atoms with E-state index < -0.39 is 76.7 Å². The SMILES string of the molecule is CN[C@@H](C)C(=O)N[C@H](C(=O)N1CCN(S(=O)(=O)CCC(F)(F)F)C[C@H]1C(=O)O)C(C)C. The van der Waals surface area contributed by atoms with Crippen molar-refractivity contribution in [2.45, 2.75) is 51.5 Å². The molecule has 2 amide bonds. The lowest BCUT2D eigenvalue weighted by Gasteiger charge is -2.40. The van der Waals surface area contributed by atoms with Crippen LogP contribution in [0.25, 0.3) is 0 Å². The minimum Gasteiger partial charge on any atom is -0.480 e. The highest BCUT2D eigenvalue weighted by molar-refractivity contribution is 7.89. The topological polar surface area (TPSA) is 136 Å². The lowest BCUT2D eigenvalue weighted by atomic mass is 10.0. The van der Waals surface area contributed by atoms with Crippen LogP contribution in [0.4, 0.5) is 13.2 Å². The Morgan fingerprint density at radius 2 is 1.74 bits per heavy atom. The molecule has 31 heavy (non-hydrogen) atoms. The molecule has 14 heteroatoms. The van der Waals surface area contributed by atoms with Crippen LogP contribution >= 0.6 is 0 Å². The molecule has 1 aliphatic heterocycles. The molecular weight excluding hydrogens is 445 g/mol. The second-order valence-electron chi connectivity index (χ2n) is 7.67. The van der Waals surface area contributed by atoms with Crippen LogP contribution in [0.3, 0.4) is 0 Å². The highest BCUT2D eigenvalue weighted by Gasteiger charge is 2.43. The number of hydrogen-bond donors (Lipinski definition) is 3. The molecule has 1 rings (SSSR count). The van der Waals surface area contributed by atoms with Gasteiger partial charge in [0.1, 0.15) is 12.1 Å². The average molecular weight is 475 g/mol. The van der Waals surface area contributed by atoms with Gasteiger partial charge in [-0.1, -0.05) is 13.8 Å². The summed E-state index contributed by atoms with van der Waals surface area (Å²) in [5.41, 5.74) is 0. The predicted molar refractivity (Wildman–Crippen MR) is 104 cm³/mol. The first kappa shape index (κ1) is 27.1. The van der Waals surface area contributed by atoms with Gasteiger partial charge in [-0.25, -0.2) is 13.2 Å². The molecule has 0 aromatic heterocycles. The van der Waals surface area contributed by atoms with Crippen molar-refractivity contribution in [2.24, 2.45) is 5.92 Å². The van der Waals surface area contributed by atoms with E-state index in [2.05, 4.69) is 10.6 Å². The fraction of sp³-hybridized carbons (Fsp3) is 0.824. The van der Waals surface area contributed by atoms with Crippen LogP contribution in [-0.2, 0) is 24.4 Å². The van der Waals surface area contributed by atoms with Crippen LogP contribution < -0.4 is 10.6 Å². The van der Waals surface area contributed by atoms with E-state index in [9.17, 15) is 41.1 Å². The Labute approximate surface area is 179 Å². The average Bonchev–Trinajstić information content (AvgIpc) is 2.67. The Bertz CT molecular complexity index is 774. The number of alkyl halides is 3. The number of likely N-dealkylation sites (N-methyl/N-ethyl adjacent to an activating group) is 1. The maximum Gasteiger partial charge on any atom is 0.390 e. The van der Waals surface area contributed by atoms with Crippen LogP contribution in [0.15, 0.2) is 0 Å². The van der Waals surface area contributed by atoms with E-state index in [-0.39, 0.29) is 13.1 Å². The van der Waals surface area contributed by atoms with Gasteiger partial charge in [0.25, 0.3) is 0 Å². The molecule has 1 fully saturated rings. The highest BCUT2D eigenvalue weighted by atomic mass is 32.2. The predicted octanol–water partition coefficient (Wildman–Crippen LogP) is -0.385. The van der Waals surface area contributed by atoms with Gasteiger partial charge in [0.2, 0.25) is 21.8 Å². The Morgan fingerprint density at radius 1 is 1.16 bits per heavy atom. The lowest BCUT2D eigenvalue weighted by molar-refractivity contribution is -0.154. The number of carbonyl (C=O) groups excluding carboxylic acids is 2. The van der Waals surface area contributed by atoms with E-state index in [1.807, 2.05) is 0 Å². The number of halogens is 3. The number of carbonyl (C=O) groups is 3. The molecular formula is C17H29F3N4O6S. The maximum atomic E-state index is 13.0. The van der Waals surface area contributed by atoms with Crippen LogP contribution in [0.5, 0.6) is 0 Å². The molecule has 1 aliphatic rings. The fourth-order valence-corrected chi connectivity index (χ4v) is 4.44. The summed E-state index contributed by atoms with van der Waals surface area (Å²) in [6.07, 6.45) is -6.23. The van der Waals surface area contributed by atoms with Crippen molar-refractivity contribution in [3.8, 4) is 0 Å². The number of nitrogens with zero attached hydrogens (tertiary/aromatic N) is 2. The van der Waals surface area contributed by atoms with Gasteiger partial charge in [-0.15, -0.1) is 0 Å². The van der Waals surface area contributed by atoms with E-state index >= 15 is 0 Å². The van der Waals surface area contributed by atoms with Crippen LogP contribution in [0.1, 0.15) is 27.2 Å². The van der Waals surface area contributed by atoms with Gasteiger partial charge < -0.3 is 20.6 Å². The zero-order valence-electron chi connectivity index (χ0n) is 17.8. The van der Waals surface area contributed by atoms with Crippen molar-refractivity contribution < 1.29 is 41.1 Å². The quantitative estimate of drug-likeness (QED) is 0.414. The molecule has 0 saturated carbocycles. The maximum absolute atomic E-state index is 13.0. The largest absolute Gasteiger partial charge is 0.480 e. The monoisotopic (exact) mass is 474 g/mol. The Kier molecular flexibility index (Phi) is 9.26. The molecule has 0 aromatic carbocycles. The molecule has 1 saturated heterocycles. The summed E-state index contributed by atoms with van der Waals surface area (Å²) in [5, 5.41) is 14.8. The summed E-state index contributed by atoms with van der Waals surface area (Å²) in [6, 6.07) is -3.26. The zero-order chi connectivity index (χ0) is 24.1. The molecule has 0 aromatic rings. The van der Waals surface area contributed by atoms with E-state index in [0.717, 1.165) is 4.90 Å². The Balaban J connectivity index is 3.02. The molecule has 3 N–H and O–H groups in total. The number of carboxylic acid groups (broad SMARTS) is 1. The summed E-state index contributed by atoms with van der Waals surface area (Å²) in [5.74, 6) is -4.28. The molecule has 0 unspecified atom stereocenters. The number of sulfonamides is 1. The lowest BCUT2D eigenvalue weighted by Crippen LogP contribution is -2.64. The summed E-state index contributed by atoms with van der Waals surface area (Å²) in [6.45, 7) is 3.53. The molecule has 1 heterocycles.